The van der Waals surface area contributed by atoms with Crippen LogP contribution in [0.25, 0.3) is 0 Å². The molecule has 0 spiro atoms. The van der Waals surface area contributed by atoms with E-state index in [4.69, 9.17) is 0 Å². The molecule has 0 fully saturated rings. The average molecular weight is 313 g/mol. The van der Waals surface area contributed by atoms with Gasteiger partial charge in [0.25, 0.3) is 0 Å². The van der Waals surface area contributed by atoms with Gasteiger partial charge in [0.2, 0.25) is 5.91 Å². The zero-order valence-corrected chi connectivity index (χ0v) is 14.7. The molecule has 0 unspecified atom stereocenters. The zero-order chi connectivity index (χ0) is 16.6. The molecule has 0 saturated heterocycles. The molecule has 0 saturated carbocycles. The minimum atomic E-state index is -0.0734. The van der Waals surface area contributed by atoms with Crippen LogP contribution < -0.4 is 10.6 Å². The molecule has 0 radical (unpaired) electrons. The molecule has 0 aliphatic rings. The Morgan fingerprint density at radius 1 is 0.773 bits per heavy atom. The summed E-state index contributed by atoms with van der Waals surface area (Å²) in [7, 11) is 0. The summed E-state index contributed by atoms with van der Waals surface area (Å²) in [5.41, 5.74) is 0. The van der Waals surface area contributed by atoms with Gasteiger partial charge < -0.3 is 15.5 Å². The van der Waals surface area contributed by atoms with Gasteiger partial charge in [0.1, 0.15) is 0 Å². The Hall–Kier alpha value is -1.26. The van der Waals surface area contributed by atoms with Gasteiger partial charge in [-0.2, -0.15) is 0 Å². The molecule has 0 rings (SSSR count). The predicted octanol–water partition coefficient (Wildman–Crippen LogP) is 3.29. The third kappa shape index (κ3) is 11.4. The number of unbranched alkanes of at least 4 members (excludes halogenated alkanes) is 5. The van der Waals surface area contributed by atoms with Gasteiger partial charge in [-0.1, -0.05) is 32.6 Å². The Bertz CT molecular complexity index is 292. The van der Waals surface area contributed by atoms with Crippen molar-refractivity contribution in [3.8, 4) is 0 Å². The maximum absolute atomic E-state index is 11.8. The van der Waals surface area contributed by atoms with Crippen molar-refractivity contribution in [3.05, 3.63) is 0 Å². The maximum atomic E-state index is 11.8. The Morgan fingerprint density at radius 3 is 1.82 bits per heavy atom. The molecule has 0 aromatic rings. The summed E-state index contributed by atoms with van der Waals surface area (Å²) >= 11 is 0. The highest BCUT2D eigenvalue weighted by Crippen LogP contribution is 2.03. The van der Waals surface area contributed by atoms with Crippen LogP contribution in [0.1, 0.15) is 72.1 Å². The lowest BCUT2D eigenvalue weighted by atomic mass is 10.2. The van der Waals surface area contributed by atoms with Crippen LogP contribution in [0.4, 0.5) is 4.79 Å². The average Bonchev–Trinajstić information content (AvgIpc) is 2.51. The third-order valence-corrected chi connectivity index (χ3v) is 3.79. The monoisotopic (exact) mass is 313 g/mol. The summed E-state index contributed by atoms with van der Waals surface area (Å²) in [6, 6.07) is -0.0734. The van der Waals surface area contributed by atoms with Crippen LogP contribution in [0.15, 0.2) is 0 Å². The first kappa shape index (κ1) is 20.7. The second-order valence-electron chi connectivity index (χ2n) is 5.62. The molecule has 130 valence electrons. The van der Waals surface area contributed by atoms with Gasteiger partial charge in [0.05, 0.1) is 0 Å². The summed E-state index contributed by atoms with van der Waals surface area (Å²) in [6.07, 6.45) is 8.09. The number of carbonyl (C=O) groups excluding carboxylic acids is 2. The van der Waals surface area contributed by atoms with E-state index in [1.807, 2.05) is 18.7 Å². The van der Waals surface area contributed by atoms with Crippen LogP contribution in [-0.4, -0.2) is 43.0 Å². The second-order valence-corrected chi connectivity index (χ2v) is 5.62. The van der Waals surface area contributed by atoms with E-state index in [-0.39, 0.29) is 11.9 Å². The number of amides is 3. The molecule has 22 heavy (non-hydrogen) atoms. The van der Waals surface area contributed by atoms with Crippen LogP contribution in [0.5, 0.6) is 0 Å². The first-order valence-electron chi connectivity index (χ1n) is 8.95. The van der Waals surface area contributed by atoms with Gasteiger partial charge in [-0.3, -0.25) is 4.79 Å². The largest absolute Gasteiger partial charge is 0.343 e. The lowest BCUT2D eigenvalue weighted by Gasteiger charge is -2.18. The number of rotatable bonds is 13. The molecule has 0 aliphatic heterocycles. The molecule has 5 nitrogen and oxygen atoms in total. The highest BCUT2D eigenvalue weighted by molar-refractivity contribution is 5.76. The molecule has 0 aliphatic carbocycles. The Labute approximate surface area is 136 Å². The molecule has 0 aromatic heterocycles. The lowest BCUT2D eigenvalue weighted by molar-refractivity contribution is -0.130. The van der Waals surface area contributed by atoms with Crippen LogP contribution in [0.3, 0.4) is 0 Å². The summed E-state index contributed by atoms with van der Waals surface area (Å²) < 4.78 is 0. The van der Waals surface area contributed by atoms with E-state index in [0.29, 0.717) is 13.0 Å². The molecule has 3 amide bonds. The molecule has 0 aromatic carbocycles. The van der Waals surface area contributed by atoms with E-state index in [0.717, 1.165) is 45.3 Å². The van der Waals surface area contributed by atoms with E-state index >= 15 is 0 Å². The zero-order valence-electron chi connectivity index (χ0n) is 14.7. The molecule has 2 N–H and O–H groups in total. The van der Waals surface area contributed by atoms with E-state index in [1.165, 1.54) is 19.3 Å². The highest BCUT2D eigenvalue weighted by Gasteiger charge is 2.08. The van der Waals surface area contributed by atoms with Gasteiger partial charge in [0, 0.05) is 32.6 Å². The van der Waals surface area contributed by atoms with Crippen LogP contribution in [0, 0.1) is 0 Å². The number of urea groups is 1. The number of hydrogen-bond acceptors (Lipinski definition) is 2. The van der Waals surface area contributed by atoms with Crippen LogP contribution >= 0.6 is 0 Å². The van der Waals surface area contributed by atoms with Gasteiger partial charge in [0.15, 0.2) is 0 Å². The van der Waals surface area contributed by atoms with Gasteiger partial charge in [-0.05, 0) is 33.1 Å². The smallest absolute Gasteiger partial charge is 0.314 e. The van der Waals surface area contributed by atoms with E-state index in [9.17, 15) is 9.59 Å². The quantitative estimate of drug-likeness (QED) is 0.513. The minimum Gasteiger partial charge on any atom is -0.343 e. The van der Waals surface area contributed by atoms with Crippen molar-refractivity contribution in [1.29, 1.82) is 0 Å². The molecule has 0 heterocycles. The Morgan fingerprint density at radius 2 is 1.32 bits per heavy atom. The number of nitrogens with zero attached hydrogens (tertiary/aromatic N) is 1. The fourth-order valence-corrected chi connectivity index (χ4v) is 2.33. The second kappa shape index (κ2) is 14.7. The SMILES string of the molecule is CCCCCCNC(=O)NCCCCCC(=O)N(CC)CC. The van der Waals surface area contributed by atoms with Crippen molar-refractivity contribution >= 4 is 11.9 Å². The molecule has 0 bridgehead atoms. The number of hydrogen-bond donors (Lipinski definition) is 2. The van der Waals surface area contributed by atoms with Crippen LogP contribution in [-0.2, 0) is 4.79 Å². The Balaban J connectivity index is 3.41. The minimum absolute atomic E-state index is 0.0734. The van der Waals surface area contributed by atoms with Crippen molar-refractivity contribution < 1.29 is 9.59 Å². The predicted molar refractivity (Wildman–Crippen MR) is 91.9 cm³/mol. The Kier molecular flexibility index (Phi) is 13.8. The van der Waals surface area contributed by atoms with Gasteiger partial charge >= 0.3 is 6.03 Å². The highest BCUT2D eigenvalue weighted by atomic mass is 16.2. The molecular weight excluding hydrogens is 278 g/mol. The summed E-state index contributed by atoms with van der Waals surface area (Å²) in [5, 5.41) is 5.73. The molecule has 5 heteroatoms. The third-order valence-electron chi connectivity index (χ3n) is 3.79. The van der Waals surface area contributed by atoms with Crippen molar-refractivity contribution in [2.75, 3.05) is 26.2 Å². The molecular formula is C17H35N3O2. The van der Waals surface area contributed by atoms with Crippen molar-refractivity contribution in [2.24, 2.45) is 0 Å². The van der Waals surface area contributed by atoms with Crippen molar-refractivity contribution in [1.82, 2.24) is 15.5 Å². The van der Waals surface area contributed by atoms with E-state index in [2.05, 4.69) is 17.6 Å². The van der Waals surface area contributed by atoms with Crippen LogP contribution in [0.2, 0.25) is 0 Å². The fourth-order valence-electron chi connectivity index (χ4n) is 2.33. The summed E-state index contributed by atoms with van der Waals surface area (Å²) in [4.78, 5) is 25.2. The standard InChI is InChI=1S/C17H35N3O2/c1-4-7-8-11-14-18-17(22)19-15-12-9-10-13-16(21)20(5-2)6-3/h4-15H2,1-3H3,(H2,18,19,22). The topological polar surface area (TPSA) is 61.4 Å². The van der Waals surface area contributed by atoms with Gasteiger partial charge in [-0.25, -0.2) is 4.79 Å². The first-order valence-corrected chi connectivity index (χ1v) is 8.95. The molecule has 0 atom stereocenters. The number of carbonyl (C=O) groups is 2. The normalized spacial score (nSPS) is 10.3. The van der Waals surface area contributed by atoms with E-state index in [1.54, 1.807) is 0 Å². The first-order chi connectivity index (χ1) is 10.7. The fraction of sp³-hybridized carbons (Fsp3) is 0.882. The van der Waals surface area contributed by atoms with Gasteiger partial charge in [-0.15, -0.1) is 0 Å². The summed E-state index contributed by atoms with van der Waals surface area (Å²) in [5.74, 6) is 0.239. The van der Waals surface area contributed by atoms with Crippen molar-refractivity contribution in [2.45, 2.75) is 72.1 Å². The summed E-state index contributed by atoms with van der Waals surface area (Å²) in [6.45, 7) is 9.20. The maximum Gasteiger partial charge on any atom is 0.314 e. The lowest BCUT2D eigenvalue weighted by Crippen LogP contribution is -2.36. The van der Waals surface area contributed by atoms with Crippen molar-refractivity contribution in [3.63, 3.8) is 0 Å². The number of nitrogens with one attached hydrogen (secondary N) is 2. The van der Waals surface area contributed by atoms with E-state index < -0.39 is 0 Å².